The highest BCUT2D eigenvalue weighted by Gasteiger charge is 2.22. The Morgan fingerprint density at radius 1 is 1.33 bits per heavy atom. The van der Waals surface area contributed by atoms with Crippen molar-refractivity contribution in [2.75, 3.05) is 13.7 Å². The molecule has 1 fully saturated rings. The van der Waals surface area contributed by atoms with Crippen molar-refractivity contribution in [3.8, 4) is 11.5 Å². The van der Waals surface area contributed by atoms with Crippen LogP contribution in [0.15, 0.2) is 18.2 Å². The molecule has 0 saturated heterocycles. The molecule has 15 heavy (non-hydrogen) atoms. The summed E-state index contributed by atoms with van der Waals surface area (Å²) in [5.41, 5.74) is 6.65. The second kappa shape index (κ2) is 4.53. The first kappa shape index (κ1) is 10.3. The van der Waals surface area contributed by atoms with Gasteiger partial charge in [0.1, 0.15) is 0 Å². The molecule has 0 bridgehead atoms. The lowest BCUT2D eigenvalue weighted by molar-refractivity contribution is 0.280. The van der Waals surface area contributed by atoms with Crippen LogP contribution in [-0.2, 0) is 6.54 Å². The van der Waals surface area contributed by atoms with Crippen molar-refractivity contribution in [3.05, 3.63) is 23.8 Å². The van der Waals surface area contributed by atoms with E-state index in [-0.39, 0.29) is 0 Å². The fourth-order valence-electron chi connectivity index (χ4n) is 1.45. The van der Waals surface area contributed by atoms with Gasteiger partial charge in [-0.05, 0) is 36.5 Å². The first-order chi connectivity index (χ1) is 7.33. The second-order valence-electron chi connectivity index (χ2n) is 3.94. The Bertz CT molecular complexity index is 334. The van der Waals surface area contributed by atoms with Crippen LogP contribution < -0.4 is 15.2 Å². The molecule has 0 atom stereocenters. The molecule has 0 amide bonds. The second-order valence-corrected chi connectivity index (χ2v) is 3.94. The molecule has 2 rings (SSSR count). The van der Waals surface area contributed by atoms with E-state index in [2.05, 4.69) is 0 Å². The minimum atomic E-state index is 0.532. The molecule has 3 heteroatoms. The van der Waals surface area contributed by atoms with E-state index < -0.39 is 0 Å². The Hall–Kier alpha value is -1.22. The van der Waals surface area contributed by atoms with Crippen molar-refractivity contribution in [2.24, 2.45) is 11.7 Å². The lowest BCUT2D eigenvalue weighted by Gasteiger charge is -2.11. The quantitative estimate of drug-likeness (QED) is 0.802. The van der Waals surface area contributed by atoms with Crippen molar-refractivity contribution in [2.45, 2.75) is 19.4 Å². The molecule has 1 aliphatic rings. The van der Waals surface area contributed by atoms with E-state index >= 15 is 0 Å². The average Bonchev–Trinajstić information content (AvgIpc) is 3.09. The molecule has 0 radical (unpaired) electrons. The van der Waals surface area contributed by atoms with Gasteiger partial charge in [0.25, 0.3) is 0 Å². The molecule has 82 valence electrons. The minimum Gasteiger partial charge on any atom is -0.493 e. The number of ether oxygens (including phenoxy) is 2. The van der Waals surface area contributed by atoms with Crippen LogP contribution in [-0.4, -0.2) is 13.7 Å². The lowest BCUT2D eigenvalue weighted by Crippen LogP contribution is -2.03. The molecule has 1 aromatic carbocycles. The van der Waals surface area contributed by atoms with Crippen LogP contribution in [0.5, 0.6) is 11.5 Å². The molecule has 0 heterocycles. The van der Waals surface area contributed by atoms with Gasteiger partial charge in [0.15, 0.2) is 11.5 Å². The largest absolute Gasteiger partial charge is 0.493 e. The molecule has 1 saturated carbocycles. The third-order valence-corrected chi connectivity index (χ3v) is 2.64. The van der Waals surface area contributed by atoms with E-state index in [1.165, 1.54) is 12.8 Å². The van der Waals surface area contributed by atoms with Crippen molar-refractivity contribution in [1.82, 2.24) is 0 Å². The summed E-state index contributed by atoms with van der Waals surface area (Å²) in [6, 6.07) is 5.83. The van der Waals surface area contributed by atoms with Crippen LogP contribution >= 0.6 is 0 Å². The smallest absolute Gasteiger partial charge is 0.161 e. The average molecular weight is 207 g/mol. The van der Waals surface area contributed by atoms with Gasteiger partial charge in [-0.3, -0.25) is 0 Å². The van der Waals surface area contributed by atoms with Crippen molar-refractivity contribution in [3.63, 3.8) is 0 Å². The van der Waals surface area contributed by atoms with E-state index in [1.807, 2.05) is 18.2 Å². The number of benzene rings is 1. The SMILES string of the molecule is COc1ccc(CN)cc1OCC1CC1. The zero-order valence-electron chi connectivity index (χ0n) is 9.03. The fraction of sp³-hybridized carbons (Fsp3) is 0.500. The lowest BCUT2D eigenvalue weighted by atomic mass is 10.2. The molecule has 3 nitrogen and oxygen atoms in total. The molecule has 0 unspecified atom stereocenters. The van der Waals surface area contributed by atoms with E-state index in [9.17, 15) is 0 Å². The molecule has 1 aliphatic carbocycles. The van der Waals surface area contributed by atoms with Gasteiger partial charge in [-0.25, -0.2) is 0 Å². The van der Waals surface area contributed by atoms with Crippen molar-refractivity contribution in [1.29, 1.82) is 0 Å². The first-order valence-electron chi connectivity index (χ1n) is 5.33. The monoisotopic (exact) mass is 207 g/mol. The molecule has 0 aromatic heterocycles. The summed E-state index contributed by atoms with van der Waals surface area (Å²) in [6.07, 6.45) is 2.58. The van der Waals surface area contributed by atoms with E-state index in [4.69, 9.17) is 15.2 Å². The van der Waals surface area contributed by atoms with Crippen LogP contribution in [0.25, 0.3) is 0 Å². The van der Waals surface area contributed by atoms with Gasteiger partial charge in [0.05, 0.1) is 13.7 Å². The van der Waals surface area contributed by atoms with Gasteiger partial charge in [0, 0.05) is 6.54 Å². The number of rotatable bonds is 5. The predicted octanol–water partition coefficient (Wildman–Crippen LogP) is 1.94. The molecule has 2 N–H and O–H groups in total. The van der Waals surface area contributed by atoms with E-state index in [0.29, 0.717) is 6.54 Å². The highest BCUT2D eigenvalue weighted by molar-refractivity contribution is 5.42. The van der Waals surface area contributed by atoms with Crippen molar-refractivity contribution >= 4 is 0 Å². The summed E-state index contributed by atoms with van der Waals surface area (Å²) in [5.74, 6) is 2.34. The topological polar surface area (TPSA) is 44.5 Å². The van der Waals surface area contributed by atoms with Crippen LogP contribution in [0, 0.1) is 5.92 Å². The molecule has 0 spiro atoms. The van der Waals surface area contributed by atoms with E-state index in [1.54, 1.807) is 7.11 Å². The third-order valence-electron chi connectivity index (χ3n) is 2.64. The van der Waals surface area contributed by atoms with Gasteiger partial charge in [0.2, 0.25) is 0 Å². The maximum atomic E-state index is 5.71. The van der Waals surface area contributed by atoms with Gasteiger partial charge < -0.3 is 15.2 Å². The zero-order valence-corrected chi connectivity index (χ0v) is 9.03. The highest BCUT2D eigenvalue weighted by atomic mass is 16.5. The maximum absolute atomic E-state index is 5.71. The number of methoxy groups -OCH3 is 1. The minimum absolute atomic E-state index is 0.532. The van der Waals surface area contributed by atoms with E-state index in [0.717, 1.165) is 29.6 Å². The normalized spacial score (nSPS) is 15.1. The predicted molar refractivity (Wildman–Crippen MR) is 59.1 cm³/mol. The highest BCUT2D eigenvalue weighted by Crippen LogP contribution is 2.33. The standard InChI is InChI=1S/C12H17NO2/c1-14-11-5-4-10(7-13)6-12(11)15-8-9-2-3-9/h4-6,9H,2-3,7-8,13H2,1H3. The first-order valence-corrected chi connectivity index (χ1v) is 5.33. The Morgan fingerprint density at radius 2 is 2.13 bits per heavy atom. The summed E-state index contributed by atoms with van der Waals surface area (Å²) in [5, 5.41) is 0. The molecular formula is C12H17NO2. The molecular weight excluding hydrogens is 190 g/mol. The van der Waals surface area contributed by atoms with Gasteiger partial charge in [-0.2, -0.15) is 0 Å². The summed E-state index contributed by atoms with van der Waals surface area (Å²) in [4.78, 5) is 0. The summed E-state index contributed by atoms with van der Waals surface area (Å²) in [7, 11) is 1.65. The molecule has 1 aromatic rings. The Kier molecular flexibility index (Phi) is 3.11. The maximum Gasteiger partial charge on any atom is 0.161 e. The van der Waals surface area contributed by atoms with Crippen LogP contribution in [0.4, 0.5) is 0 Å². The van der Waals surface area contributed by atoms with Crippen LogP contribution in [0.1, 0.15) is 18.4 Å². The zero-order chi connectivity index (χ0) is 10.7. The van der Waals surface area contributed by atoms with Gasteiger partial charge >= 0.3 is 0 Å². The van der Waals surface area contributed by atoms with Gasteiger partial charge in [-0.1, -0.05) is 6.07 Å². The Balaban J connectivity index is 2.08. The number of hydrogen-bond donors (Lipinski definition) is 1. The van der Waals surface area contributed by atoms with Crippen LogP contribution in [0.2, 0.25) is 0 Å². The van der Waals surface area contributed by atoms with Crippen LogP contribution in [0.3, 0.4) is 0 Å². The Morgan fingerprint density at radius 3 is 2.73 bits per heavy atom. The van der Waals surface area contributed by atoms with Crippen molar-refractivity contribution < 1.29 is 9.47 Å². The van der Waals surface area contributed by atoms with Gasteiger partial charge in [-0.15, -0.1) is 0 Å². The fourth-order valence-corrected chi connectivity index (χ4v) is 1.45. The summed E-state index contributed by atoms with van der Waals surface area (Å²) in [6.45, 7) is 1.33. The Labute approximate surface area is 90.2 Å². The molecule has 0 aliphatic heterocycles. The number of nitrogens with two attached hydrogens (primary N) is 1. The third kappa shape index (κ3) is 2.63. The summed E-state index contributed by atoms with van der Waals surface area (Å²) >= 11 is 0. The number of hydrogen-bond acceptors (Lipinski definition) is 3. The summed E-state index contributed by atoms with van der Waals surface area (Å²) < 4.78 is 10.9.